The molecule has 0 radical (unpaired) electrons. The maximum absolute atomic E-state index is 13.1. The predicted molar refractivity (Wildman–Crippen MR) is 67.6 cm³/mol. The lowest BCUT2D eigenvalue weighted by molar-refractivity contribution is -0.118. The number of rotatable bonds is 2. The van der Waals surface area contributed by atoms with Gasteiger partial charge < -0.3 is 10.6 Å². The molecule has 0 bridgehead atoms. The van der Waals surface area contributed by atoms with Crippen LogP contribution in [0, 0.1) is 28.8 Å². The lowest BCUT2D eigenvalue weighted by atomic mass is 9.92. The minimum absolute atomic E-state index is 0.0395. The first-order valence-electron chi connectivity index (χ1n) is 6.68. The lowest BCUT2D eigenvalue weighted by Crippen LogP contribution is -2.31. The fourth-order valence-corrected chi connectivity index (χ4v) is 3.05. The van der Waals surface area contributed by atoms with Crippen molar-refractivity contribution in [2.24, 2.45) is 11.3 Å². The maximum atomic E-state index is 13.1. The quantitative estimate of drug-likeness (QED) is 0.819. The summed E-state index contributed by atoms with van der Waals surface area (Å²) in [6.45, 7) is 1.78. The Balaban J connectivity index is 1.68. The van der Waals surface area contributed by atoms with Gasteiger partial charge in [-0.25, -0.2) is 13.2 Å². The van der Waals surface area contributed by atoms with Gasteiger partial charge in [-0.2, -0.15) is 0 Å². The molecule has 1 saturated carbocycles. The van der Waals surface area contributed by atoms with E-state index in [1.165, 1.54) is 0 Å². The molecule has 2 N–H and O–H groups in total. The molecule has 1 amide bonds. The van der Waals surface area contributed by atoms with E-state index in [1.807, 2.05) is 0 Å². The van der Waals surface area contributed by atoms with Gasteiger partial charge in [0.1, 0.15) is 0 Å². The van der Waals surface area contributed by atoms with Crippen molar-refractivity contribution < 1.29 is 18.0 Å². The van der Waals surface area contributed by atoms with E-state index in [2.05, 4.69) is 10.6 Å². The molecule has 2 fully saturated rings. The molecule has 1 spiro atoms. The van der Waals surface area contributed by atoms with Gasteiger partial charge in [0.25, 0.3) is 0 Å². The third kappa shape index (κ3) is 2.28. The summed E-state index contributed by atoms with van der Waals surface area (Å²) >= 11 is 0. The van der Waals surface area contributed by atoms with Crippen LogP contribution in [0.1, 0.15) is 19.3 Å². The summed E-state index contributed by atoms with van der Waals surface area (Å²) in [6, 6.07) is 1.60. The van der Waals surface area contributed by atoms with Gasteiger partial charge in [-0.3, -0.25) is 4.79 Å². The summed E-state index contributed by atoms with van der Waals surface area (Å²) in [7, 11) is 0. The highest BCUT2D eigenvalue weighted by molar-refractivity contribution is 5.95. The van der Waals surface area contributed by atoms with Crippen molar-refractivity contribution in [1.29, 1.82) is 0 Å². The number of hydrogen-bond acceptors (Lipinski definition) is 2. The molecule has 1 aliphatic heterocycles. The second-order valence-electron chi connectivity index (χ2n) is 5.61. The van der Waals surface area contributed by atoms with E-state index in [0.717, 1.165) is 44.5 Å². The van der Waals surface area contributed by atoms with Gasteiger partial charge in [0, 0.05) is 23.7 Å². The number of amides is 1. The van der Waals surface area contributed by atoms with Gasteiger partial charge in [0.15, 0.2) is 17.5 Å². The summed E-state index contributed by atoms with van der Waals surface area (Å²) in [6.07, 6.45) is 2.70. The molecule has 20 heavy (non-hydrogen) atoms. The first-order chi connectivity index (χ1) is 9.52. The van der Waals surface area contributed by atoms with Crippen LogP contribution in [0.15, 0.2) is 12.1 Å². The molecule has 1 saturated heterocycles. The first kappa shape index (κ1) is 13.4. The average Bonchev–Trinajstić information content (AvgIpc) is 3.10. The van der Waals surface area contributed by atoms with Crippen LogP contribution in [-0.4, -0.2) is 19.0 Å². The van der Waals surface area contributed by atoms with Crippen LogP contribution >= 0.6 is 0 Å². The molecular weight excluding hydrogens is 269 g/mol. The van der Waals surface area contributed by atoms with Crippen molar-refractivity contribution >= 4 is 11.6 Å². The summed E-state index contributed by atoms with van der Waals surface area (Å²) in [5.74, 6) is -4.47. The van der Waals surface area contributed by atoms with Gasteiger partial charge in [0.05, 0.1) is 0 Å². The first-order valence-corrected chi connectivity index (χ1v) is 6.68. The number of halogens is 3. The standard InChI is InChI=1S/C14H15F3N2O/c15-10-5-8(6-11(16)12(10)17)19-13(20)9-7-14(9)1-3-18-4-2-14/h5-6,9,18H,1-4,7H2,(H,19,20). The Labute approximate surface area is 114 Å². The zero-order valence-corrected chi connectivity index (χ0v) is 10.8. The van der Waals surface area contributed by atoms with E-state index in [0.29, 0.717) is 0 Å². The summed E-state index contributed by atoms with van der Waals surface area (Å²) < 4.78 is 39.0. The average molecular weight is 284 g/mol. The van der Waals surface area contributed by atoms with E-state index in [4.69, 9.17) is 0 Å². The minimum atomic E-state index is -1.52. The fraction of sp³-hybridized carbons (Fsp3) is 0.500. The van der Waals surface area contributed by atoms with Gasteiger partial charge in [-0.05, 0) is 37.8 Å². The van der Waals surface area contributed by atoms with Crippen molar-refractivity contribution in [3.05, 3.63) is 29.6 Å². The number of anilines is 1. The number of nitrogens with one attached hydrogen (secondary N) is 2. The van der Waals surface area contributed by atoms with Crippen LogP contribution in [-0.2, 0) is 4.79 Å². The van der Waals surface area contributed by atoms with Crippen molar-refractivity contribution in [2.45, 2.75) is 19.3 Å². The fourth-order valence-electron chi connectivity index (χ4n) is 3.05. The summed E-state index contributed by atoms with van der Waals surface area (Å²) in [5.41, 5.74) is 0.00861. The van der Waals surface area contributed by atoms with Crippen molar-refractivity contribution in [1.82, 2.24) is 5.32 Å². The smallest absolute Gasteiger partial charge is 0.228 e. The Bertz CT molecular complexity index is 532. The molecule has 1 aromatic carbocycles. The molecule has 2 aliphatic rings. The Hall–Kier alpha value is -1.56. The number of hydrogen-bond donors (Lipinski definition) is 2. The second kappa shape index (κ2) is 4.77. The van der Waals surface area contributed by atoms with Crippen molar-refractivity contribution in [3.63, 3.8) is 0 Å². The van der Waals surface area contributed by atoms with E-state index in [9.17, 15) is 18.0 Å². The van der Waals surface area contributed by atoms with Gasteiger partial charge >= 0.3 is 0 Å². The normalized spacial score (nSPS) is 23.6. The van der Waals surface area contributed by atoms with Crippen LogP contribution in [0.3, 0.4) is 0 Å². The zero-order chi connectivity index (χ0) is 14.3. The van der Waals surface area contributed by atoms with E-state index in [1.54, 1.807) is 0 Å². The minimum Gasteiger partial charge on any atom is -0.326 e. The van der Waals surface area contributed by atoms with E-state index < -0.39 is 17.5 Å². The Kier molecular flexibility index (Phi) is 3.20. The van der Waals surface area contributed by atoms with Gasteiger partial charge in [0.2, 0.25) is 5.91 Å². The number of benzene rings is 1. The summed E-state index contributed by atoms with van der Waals surface area (Å²) in [5, 5.41) is 5.72. The highest BCUT2D eigenvalue weighted by Crippen LogP contribution is 2.58. The molecule has 108 valence electrons. The Morgan fingerprint density at radius 3 is 2.40 bits per heavy atom. The van der Waals surface area contributed by atoms with Crippen LogP contribution in [0.2, 0.25) is 0 Å². The molecule has 1 aromatic rings. The highest BCUT2D eigenvalue weighted by atomic mass is 19.2. The molecule has 3 rings (SSSR count). The molecule has 6 heteroatoms. The molecule has 1 unspecified atom stereocenters. The van der Waals surface area contributed by atoms with Crippen LogP contribution in [0.5, 0.6) is 0 Å². The summed E-state index contributed by atoms with van der Waals surface area (Å²) in [4.78, 5) is 12.1. The van der Waals surface area contributed by atoms with Crippen LogP contribution in [0.25, 0.3) is 0 Å². The maximum Gasteiger partial charge on any atom is 0.228 e. The lowest BCUT2D eigenvalue weighted by Gasteiger charge is -2.23. The molecule has 1 aliphatic carbocycles. The monoisotopic (exact) mass is 284 g/mol. The number of carbonyl (C=O) groups excluding carboxylic acids is 1. The number of carbonyl (C=O) groups is 1. The molecule has 3 nitrogen and oxygen atoms in total. The van der Waals surface area contributed by atoms with E-state index >= 15 is 0 Å². The zero-order valence-electron chi connectivity index (χ0n) is 10.8. The molecular formula is C14H15F3N2O. The third-order valence-electron chi connectivity index (χ3n) is 4.36. The Morgan fingerprint density at radius 2 is 1.80 bits per heavy atom. The highest BCUT2D eigenvalue weighted by Gasteiger charge is 2.57. The predicted octanol–water partition coefficient (Wildman–Crippen LogP) is 2.43. The van der Waals surface area contributed by atoms with Gasteiger partial charge in [-0.1, -0.05) is 0 Å². The van der Waals surface area contributed by atoms with Crippen LogP contribution in [0.4, 0.5) is 18.9 Å². The third-order valence-corrected chi connectivity index (χ3v) is 4.36. The molecule has 1 heterocycles. The van der Waals surface area contributed by atoms with Crippen molar-refractivity contribution in [2.75, 3.05) is 18.4 Å². The largest absolute Gasteiger partial charge is 0.326 e. The van der Waals surface area contributed by atoms with Crippen LogP contribution < -0.4 is 10.6 Å². The van der Waals surface area contributed by atoms with Gasteiger partial charge in [-0.15, -0.1) is 0 Å². The number of piperidine rings is 1. The van der Waals surface area contributed by atoms with E-state index in [-0.39, 0.29) is 22.9 Å². The molecule has 1 atom stereocenters. The van der Waals surface area contributed by atoms with Crippen molar-refractivity contribution in [3.8, 4) is 0 Å². The SMILES string of the molecule is O=C(Nc1cc(F)c(F)c(F)c1)C1CC12CCNCC2. The second-order valence-corrected chi connectivity index (χ2v) is 5.61. The molecule has 0 aromatic heterocycles. The topological polar surface area (TPSA) is 41.1 Å². The Morgan fingerprint density at radius 1 is 1.20 bits per heavy atom.